The van der Waals surface area contributed by atoms with E-state index in [-0.39, 0.29) is 30.9 Å². The highest BCUT2D eigenvalue weighted by Gasteiger charge is 2.36. The first kappa shape index (κ1) is 33.1. The minimum Gasteiger partial charge on any atom is -0.444 e. The molecule has 2 aliphatic carbocycles. The van der Waals surface area contributed by atoms with Gasteiger partial charge in [-0.1, -0.05) is 72.5 Å². The molecule has 2 aliphatic rings. The lowest BCUT2D eigenvalue weighted by atomic mass is 10.1. The molecule has 0 saturated carbocycles. The second kappa shape index (κ2) is 14.0. The third-order valence-electron chi connectivity index (χ3n) is 7.73. The standard InChI is InChI=1S/C38H44N2O6/c1-37(2,3)45-35(41)39-33-29-15-9-7-13-27(29)22-31(33)43-21-11-12-25-17-19-26(20-18-25)24-44-32-23-28-14-8-10-16-30(28)34(32)40-36(42)46-38(4,5)6/h7-10,13-20,31-34H,21-24H2,1-6H3,(H,39,41)(H,40,42)/t31-,32-,33+,34+/m1/s1. The van der Waals surface area contributed by atoms with E-state index in [2.05, 4.69) is 34.6 Å². The Hall–Kier alpha value is -4.32. The molecule has 0 radical (unpaired) electrons. The molecule has 0 fully saturated rings. The number of alkyl carbamates (subject to hydrolysis) is 2. The molecule has 2 N–H and O–H groups in total. The summed E-state index contributed by atoms with van der Waals surface area (Å²) >= 11 is 0. The molecule has 242 valence electrons. The van der Waals surface area contributed by atoms with Gasteiger partial charge in [0.15, 0.2) is 0 Å². The van der Waals surface area contributed by atoms with E-state index in [1.165, 1.54) is 0 Å². The van der Waals surface area contributed by atoms with Crippen LogP contribution in [0.4, 0.5) is 9.59 Å². The molecule has 0 bridgehead atoms. The second-order valence-corrected chi connectivity index (χ2v) is 13.8. The summed E-state index contributed by atoms with van der Waals surface area (Å²) in [6, 6.07) is 23.4. The maximum atomic E-state index is 12.6. The van der Waals surface area contributed by atoms with Crippen molar-refractivity contribution in [3.05, 3.63) is 106 Å². The predicted octanol–water partition coefficient (Wildman–Crippen LogP) is 6.95. The first-order valence-corrected chi connectivity index (χ1v) is 15.8. The number of carbonyl (C=O) groups is 2. The molecule has 2 amide bonds. The minimum absolute atomic E-state index is 0.211. The third-order valence-corrected chi connectivity index (χ3v) is 7.73. The van der Waals surface area contributed by atoms with E-state index < -0.39 is 23.4 Å². The Labute approximate surface area is 272 Å². The highest BCUT2D eigenvalue weighted by Crippen LogP contribution is 2.35. The number of amides is 2. The Bertz CT molecular complexity index is 1590. The summed E-state index contributed by atoms with van der Waals surface area (Å²) in [4.78, 5) is 25.1. The van der Waals surface area contributed by atoms with Gasteiger partial charge in [-0.15, -0.1) is 0 Å². The van der Waals surface area contributed by atoms with Crippen molar-refractivity contribution in [3.63, 3.8) is 0 Å². The molecule has 0 saturated heterocycles. The van der Waals surface area contributed by atoms with Gasteiger partial charge >= 0.3 is 12.2 Å². The lowest BCUT2D eigenvalue weighted by Crippen LogP contribution is -2.39. The zero-order valence-corrected chi connectivity index (χ0v) is 27.5. The molecule has 0 heterocycles. The van der Waals surface area contributed by atoms with Crippen molar-refractivity contribution in [1.29, 1.82) is 0 Å². The number of hydrogen-bond acceptors (Lipinski definition) is 6. The lowest BCUT2D eigenvalue weighted by molar-refractivity contribution is 0.0121. The minimum atomic E-state index is -0.588. The van der Waals surface area contributed by atoms with Crippen LogP contribution in [0.5, 0.6) is 0 Å². The summed E-state index contributed by atoms with van der Waals surface area (Å²) in [6.07, 6.45) is 0.0199. The van der Waals surface area contributed by atoms with E-state index in [0.717, 1.165) is 33.4 Å². The average Bonchev–Trinajstić information content (AvgIpc) is 3.50. The molecular formula is C38H44N2O6. The van der Waals surface area contributed by atoms with Crippen LogP contribution in [0.2, 0.25) is 0 Å². The van der Waals surface area contributed by atoms with Crippen LogP contribution in [0.15, 0.2) is 72.8 Å². The van der Waals surface area contributed by atoms with Crippen LogP contribution in [0.25, 0.3) is 0 Å². The smallest absolute Gasteiger partial charge is 0.408 e. The Morgan fingerprint density at radius 3 is 1.67 bits per heavy atom. The average molecular weight is 625 g/mol. The van der Waals surface area contributed by atoms with E-state index in [1.54, 1.807) is 0 Å². The van der Waals surface area contributed by atoms with Crippen LogP contribution < -0.4 is 10.6 Å². The zero-order valence-electron chi connectivity index (χ0n) is 27.5. The fourth-order valence-electron chi connectivity index (χ4n) is 5.81. The molecule has 0 spiro atoms. The van der Waals surface area contributed by atoms with Gasteiger partial charge in [0.1, 0.15) is 17.8 Å². The van der Waals surface area contributed by atoms with E-state index in [4.69, 9.17) is 18.9 Å². The second-order valence-electron chi connectivity index (χ2n) is 13.8. The van der Waals surface area contributed by atoms with Crippen LogP contribution in [-0.4, -0.2) is 42.2 Å². The number of carbonyl (C=O) groups excluding carboxylic acids is 2. The van der Waals surface area contributed by atoms with E-state index in [9.17, 15) is 9.59 Å². The van der Waals surface area contributed by atoms with Crippen molar-refractivity contribution in [2.24, 2.45) is 0 Å². The van der Waals surface area contributed by atoms with Gasteiger partial charge < -0.3 is 29.6 Å². The fraction of sp³-hybridized carbons (Fsp3) is 0.421. The van der Waals surface area contributed by atoms with Crippen molar-refractivity contribution in [1.82, 2.24) is 10.6 Å². The van der Waals surface area contributed by atoms with Crippen LogP contribution in [-0.2, 0) is 38.4 Å². The molecular weight excluding hydrogens is 580 g/mol. The van der Waals surface area contributed by atoms with Gasteiger partial charge in [-0.3, -0.25) is 0 Å². The Kier molecular flexibility index (Phi) is 10.0. The summed E-state index contributed by atoms with van der Waals surface area (Å²) in [5.74, 6) is 6.29. The van der Waals surface area contributed by atoms with E-state index in [0.29, 0.717) is 19.4 Å². The molecule has 46 heavy (non-hydrogen) atoms. The molecule has 4 atom stereocenters. The van der Waals surface area contributed by atoms with Crippen LogP contribution in [0, 0.1) is 11.8 Å². The van der Waals surface area contributed by atoms with Crippen molar-refractivity contribution < 1.29 is 28.5 Å². The Morgan fingerprint density at radius 1 is 0.696 bits per heavy atom. The van der Waals surface area contributed by atoms with Gasteiger partial charge in [-0.25, -0.2) is 9.59 Å². The number of benzene rings is 3. The molecule has 3 aromatic carbocycles. The monoisotopic (exact) mass is 624 g/mol. The van der Waals surface area contributed by atoms with Gasteiger partial charge in [0.05, 0.1) is 30.9 Å². The van der Waals surface area contributed by atoms with Gasteiger partial charge in [-0.2, -0.15) is 0 Å². The molecule has 8 heteroatoms. The van der Waals surface area contributed by atoms with E-state index >= 15 is 0 Å². The highest BCUT2D eigenvalue weighted by atomic mass is 16.6. The molecule has 0 aromatic heterocycles. The highest BCUT2D eigenvalue weighted by molar-refractivity contribution is 5.69. The van der Waals surface area contributed by atoms with Crippen LogP contribution in [0.1, 0.15) is 87.0 Å². The number of fused-ring (bicyclic) bond motifs is 2. The van der Waals surface area contributed by atoms with Crippen molar-refractivity contribution in [3.8, 4) is 11.8 Å². The van der Waals surface area contributed by atoms with Gasteiger partial charge in [-0.05, 0) is 81.5 Å². The summed E-state index contributed by atoms with van der Waals surface area (Å²) in [6.45, 7) is 11.7. The maximum absolute atomic E-state index is 12.6. The number of ether oxygens (including phenoxy) is 4. The molecule has 8 nitrogen and oxygen atoms in total. The summed E-state index contributed by atoms with van der Waals surface area (Å²) in [5.41, 5.74) is 5.10. The van der Waals surface area contributed by atoms with Crippen LogP contribution in [0.3, 0.4) is 0 Å². The topological polar surface area (TPSA) is 95.1 Å². The van der Waals surface area contributed by atoms with Crippen molar-refractivity contribution in [2.75, 3.05) is 6.61 Å². The van der Waals surface area contributed by atoms with Crippen molar-refractivity contribution in [2.45, 2.75) is 96.5 Å². The Morgan fingerprint density at radius 2 is 1.17 bits per heavy atom. The number of rotatable bonds is 7. The lowest BCUT2D eigenvalue weighted by Gasteiger charge is -2.25. The Balaban J connectivity index is 1.14. The maximum Gasteiger partial charge on any atom is 0.408 e. The van der Waals surface area contributed by atoms with Gasteiger partial charge in [0.2, 0.25) is 0 Å². The SMILES string of the molecule is CC(C)(C)OC(=O)N[C@H]1c2ccccc2C[C@H]1OCC#Cc1ccc(CO[C@@H]2Cc3ccccc3[C@@H]2NC(=O)OC(C)(C)C)cc1. The van der Waals surface area contributed by atoms with E-state index in [1.807, 2.05) is 102 Å². The molecule has 0 unspecified atom stereocenters. The summed E-state index contributed by atoms with van der Waals surface area (Å²) in [5, 5.41) is 6.01. The number of hydrogen-bond donors (Lipinski definition) is 2. The van der Waals surface area contributed by atoms with Crippen molar-refractivity contribution >= 4 is 12.2 Å². The summed E-state index contributed by atoms with van der Waals surface area (Å²) < 4.78 is 23.5. The molecule has 3 aromatic rings. The summed E-state index contributed by atoms with van der Waals surface area (Å²) in [7, 11) is 0. The van der Waals surface area contributed by atoms with Crippen LogP contribution >= 0.6 is 0 Å². The normalized spacial score (nSPS) is 20.1. The zero-order chi connectivity index (χ0) is 32.9. The molecule has 5 rings (SSSR count). The quantitative estimate of drug-likeness (QED) is 0.276. The molecule has 0 aliphatic heterocycles. The fourth-order valence-corrected chi connectivity index (χ4v) is 5.81. The largest absolute Gasteiger partial charge is 0.444 e. The third kappa shape index (κ3) is 8.90. The first-order valence-electron chi connectivity index (χ1n) is 15.8. The number of nitrogens with one attached hydrogen (secondary N) is 2. The van der Waals surface area contributed by atoms with Gasteiger partial charge in [0, 0.05) is 18.4 Å². The predicted molar refractivity (Wildman–Crippen MR) is 176 cm³/mol. The van der Waals surface area contributed by atoms with Gasteiger partial charge in [0.25, 0.3) is 0 Å². The first-order chi connectivity index (χ1) is 21.8.